The maximum absolute atomic E-state index is 13.5. The highest BCUT2D eigenvalue weighted by Gasteiger charge is 2.55. The van der Waals surface area contributed by atoms with E-state index in [1.807, 2.05) is 0 Å². The first kappa shape index (κ1) is 21.8. The molecule has 1 N–H and O–H groups in total. The monoisotopic (exact) mass is 424 g/mol. The van der Waals surface area contributed by atoms with Gasteiger partial charge in [0.2, 0.25) is 5.91 Å². The number of carbonyl (C=O) groups excluding carboxylic acids is 2. The molecule has 1 spiro atoms. The Balaban J connectivity index is 1.82. The average Bonchev–Trinajstić information content (AvgIpc) is 3.15. The summed E-state index contributed by atoms with van der Waals surface area (Å²) >= 11 is 0. The van der Waals surface area contributed by atoms with E-state index in [9.17, 15) is 19.5 Å². The molecule has 9 heteroatoms. The van der Waals surface area contributed by atoms with Gasteiger partial charge in [-0.05, 0) is 37.4 Å². The first-order chi connectivity index (χ1) is 13.4. The van der Waals surface area contributed by atoms with Gasteiger partial charge in [0.15, 0.2) is 8.32 Å². The minimum Gasteiger partial charge on any atom is -0.465 e. The maximum atomic E-state index is 13.5. The van der Waals surface area contributed by atoms with Crippen molar-refractivity contribution in [2.45, 2.75) is 64.2 Å². The second-order valence-electron chi connectivity index (χ2n) is 9.90. The summed E-state index contributed by atoms with van der Waals surface area (Å²) in [4.78, 5) is 39.5. The summed E-state index contributed by atoms with van der Waals surface area (Å²) < 4.78 is 11.5. The van der Waals surface area contributed by atoms with Gasteiger partial charge in [-0.2, -0.15) is 0 Å². The molecule has 162 valence electrons. The summed E-state index contributed by atoms with van der Waals surface area (Å²) in [7, 11) is -2.01. The van der Waals surface area contributed by atoms with Crippen LogP contribution in [0.2, 0.25) is 18.1 Å². The normalized spacial score (nSPS) is 24.9. The quantitative estimate of drug-likeness (QED) is 0.551. The molecule has 8 nitrogen and oxygen atoms in total. The molecule has 3 heterocycles. The molecule has 1 atom stereocenters. The summed E-state index contributed by atoms with van der Waals surface area (Å²) in [5, 5.41) is 9.30. The van der Waals surface area contributed by atoms with Crippen molar-refractivity contribution in [2.24, 2.45) is 5.41 Å². The molecule has 0 radical (unpaired) electrons. The molecule has 3 rings (SSSR count). The van der Waals surface area contributed by atoms with Gasteiger partial charge in [-0.25, -0.2) is 9.59 Å². The van der Waals surface area contributed by atoms with Gasteiger partial charge in [-0.1, -0.05) is 20.8 Å². The third kappa shape index (κ3) is 4.07. The van der Waals surface area contributed by atoms with E-state index in [0.717, 1.165) is 0 Å². The smallest absolute Gasteiger partial charge is 0.407 e. The predicted molar refractivity (Wildman–Crippen MR) is 109 cm³/mol. The Morgan fingerprint density at radius 3 is 2.41 bits per heavy atom. The SMILES string of the molecule is CC(C)(C)[Si](C)(C)OCC1CC2(CCN(C(=O)O)CC2)C(=O)N1C1=CC(=O)OC1. The summed E-state index contributed by atoms with van der Waals surface area (Å²) in [6.07, 6.45) is 2.04. The topological polar surface area (TPSA) is 96.4 Å². The Labute approximate surface area is 172 Å². The average molecular weight is 425 g/mol. The molecular formula is C20H32N2O6Si. The zero-order valence-corrected chi connectivity index (χ0v) is 19.0. The van der Waals surface area contributed by atoms with E-state index in [4.69, 9.17) is 9.16 Å². The lowest BCUT2D eigenvalue weighted by molar-refractivity contribution is -0.139. The fourth-order valence-electron chi connectivity index (χ4n) is 4.12. The van der Waals surface area contributed by atoms with Crippen LogP contribution in [0.1, 0.15) is 40.0 Å². The number of rotatable bonds is 4. The van der Waals surface area contributed by atoms with Crippen molar-refractivity contribution in [1.29, 1.82) is 0 Å². The summed E-state index contributed by atoms with van der Waals surface area (Å²) in [5.41, 5.74) is -0.0127. The maximum Gasteiger partial charge on any atom is 0.407 e. The Morgan fingerprint density at radius 2 is 1.93 bits per heavy atom. The molecule has 0 aromatic heterocycles. The predicted octanol–water partition coefficient (Wildman–Crippen LogP) is 2.81. The van der Waals surface area contributed by atoms with Crippen molar-refractivity contribution >= 4 is 26.3 Å². The lowest BCUT2D eigenvalue weighted by Gasteiger charge is -2.38. The van der Waals surface area contributed by atoms with Gasteiger partial charge in [0.25, 0.3) is 0 Å². The zero-order valence-electron chi connectivity index (χ0n) is 18.0. The number of hydrogen-bond donors (Lipinski definition) is 1. The molecule has 1 unspecified atom stereocenters. The van der Waals surface area contributed by atoms with Crippen molar-refractivity contribution in [3.05, 3.63) is 11.8 Å². The fourth-order valence-corrected chi connectivity index (χ4v) is 5.16. The standard InChI is InChI=1S/C20H32N2O6Si/c1-19(2,3)29(4,5)28-13-15-11-20(6-8-21(9-7-20)18(25)26)17(24)22(15)14-10-16(23)27-12-14/h10,15H,6-9,11-13H2,1-5H3,(H,25,26). The minimum absolute atomic E-state index is 0.0316. The van der Waals surface area contributed by atoms with E-state index in [0.29, 0.717) is 44.7 Å². The fraction of sp³-hybridized carbons (Fsp3) is 0.750. The number of hydrogen-bond acceptors (Lipinski definition) is 5. The van der Waals surface area contributed by atoms with Crippen LogP contribution in [-0.4, -0.2) is 73.5 Å². The highest BCUT2D eigenvalue weighted by atomic mass is 28.4. The number of carbonyl (C=O) groups is 3. The third-order valence-electron chi connectivity index (χ3n) is 7.05. The van der Waals surface area contributed by atoms with Crippen LogP contribution in [0.15, 0.2) is 11.8 Å². The minimum atomic E-state index is -2.01. The number of amides is 2. The van der Waals surface area contributed by atoms with Gasteiger partial charge in [-0.15, -0.1) is 0 Å². The van der Waals surface area contributed by atoms with Crippen LogP contribution in [0.5, 0.6) is 0 Å². The molecule has 0 aromatic rings. The van der Waals surface area contributed by atoms with Crippen molar-refractivity contribution in [2.75, 3.05) is 26.3 Å². The van der Waals surface area contributed by atoms with Crippen LogP contribution in [0, 0.1) is 5.41 Å². The van der Waals surface area contributed by atoms with Crippen LogP contribution in [0.3, 0.4) is 0 Å². The number of piperidine rings is 1. The Kier molecular flexibility index (Phi) is 5.59. The molecule has 2 saturated heterocycles. The first-order valence-electron chi connectivity index (χ1n) is 10.2. The number of likely N-dealkylation sites (tertiary alicyclic amines) is 2. The number of cyclic esters (lactones) is 1. The lowest BCUT2D eigenvalue weighted by Crippen LogP contribution is -2.46. The molecule has 2 amide bonds. The van der Waals surface area contributed by atoms with Crippen LogP contribution in [0.4, 0.5) is 4.79 Å². The van der Waals surface area contributed by atoms with Crippen molar-refractivity contribution in [3.8, 4) is 0 Å². The van der Waals surface area contributed by atoms with Gasteiger partial charge >= 0.3 is 12.1 Å². The van der Waals surface area contributed by atoms with Crippen LogP contribution in [-0.2, 0) is 18.8 Å². The van der Waals surface area contributed by atoms with E-state index in [2.05, 4.69) is 33.9 Å². The second-order valence-corrected chi connectivity index (χ2v) is 14.7. The lowest BCUT2D eigenvalue weighted by atomic mass is 9.76. The largest absolute Gasteiger partial charge is 0.465 e. The summed E-state index contributed by atoms with van der Waals surface area (Å²) in [6, 6.07) is -0.172. The van der Waals surface area contributed by atoms with E-state index >= 15 is 0 Å². The van der Waals surface area contributed by atoms with Gasteiger partial charge in [0.1, 0.15) is 6.61 Å². The van der Waals surface area contributed by atoms with E-state index in [1.165, 1.54) is 11.0 Å². The van der Waals surface area contributed by atoms with Crippen LogP contribution < -0.4 is 0 Å². The molecule has 0 saturated carbocycles. The molecule has 3 aliphatic heterocycles. The number of carboxylic acid groups (broad SMARTS) is 1. The molecule has 2 fully saturated rings. The molecule has 0 bridgehead atoms. The Bertz CT molecular complexity index is 734. The number of nitrogens with zero attached hydrogens (tertiary/aromatic N) is 2. The van der Waals surface area contributed by atoms with Crippen molar-refractivity contribution < 1.29 is 28.7 Å². The Hall–Kier alpha value is -1.87. The number of esters is 1. The van der Waals surface area contributed by atoms with Crippen molar-refractivity contribution in [1.82, 2.24) is 9.80 Å². The van der Waals surface area contributed by atoms with Gasteiger partial charge in [-0.3, -0.25) is 4.79 Å². The third-order valence-corrected chi connectivity index (χ3v) is 11.6. The molecular weight excluding hydrogens is 392 g/mol. The number of ether oxygens (including phenoxy) is 1. The molecule has 0 aliphatic carbocycles. The van der Waals surface area contributed by atoms with E-state index in [1.54, 1.807) is 4.90 Å². The molecule has 0 aromatic carbocycles. The van der Waals surface area contributed by atoms with Crippen molar-refractivity contribution in [3.63, 3.8) is 0 Å². The zero-order chi connectivity index (χ0) is 21.6. The van der Waals surface area contributed by atoms with E-state index in [-0.39, 0.29) is 23.6 Å². The van der Waals surface area contributed by atoms with Crippen LogP contribution in [0.25, 0.3) is 0 Å². The molecule has 3 aliphatic rings. The van der Waals surface area contributed by atoms with Gasteiger partial charge in [0.05, 0.1) is 23.8 Å². The Morgan fingerprint density at radius 1 is 1.31 bits per heavy atom. The summed E-state index contributed by atoms with van der Waals surface area (Å²) in [5.74, 6) is -0.463. The molecule has 29 heavy (non-hydrogen) atoms. The second kappa shape index (κ2) is 7.43. The highest BCUT2D eigenvalue weighted by molar-refractivity contribution is 6.74. The first-order valence-corrected chi connectivity index (χ1v) is 13.1. The van der Waals surface area contributed by atoms with E-state index < -0.39 is 25.8 Å². The van der Waals surface area contributed by atoms with Gasteiger partial charge in [0, 0.05) is 19.2 Å². The van der Waals surface area contributed by atoms with Crippen LogP contribution >= 0.6 is 0 Å². The van der Waals surface area contributed by atoms with Gasteiger partial charge < -0.3 is 24.1 Å². The summed E-state index contributed by atoms with van der Waals surface area (Å²) in [6.45, 7) is 12.1. The highest BCUT2D eigenvalue weighted by Crippen LogP contribution is 2.47.